The van der Waals surface area contributed by atoms with Crippen molar-refractivity contribution in [3.8, 4) is 0 Å². The molecule has 0 aliphatic carbocycles. The number of imide groups is 1. The van der Waals surface area contributed by atoms with E-state index >= 15 is 0 Å². The van der Waals surface area contributed by atoms with Gasteiger partial charge >= 0.3 is 6.03 Å². The summed E-state index contributed by atoms with van der Waals surface area (Å²) in [6.45, 7) is 5.51. The molecule has 0 saturated carbocycles. The standard InChI is InChI=1S/C18H23BrN4O4/c1-18(2)10-21(15(24)12-6-13(19)8-20-7-12)9-14-16(25)22(4-5-27-3)17(26)23(14)11-18/h6-8,14H,4-5,9-11H2,1-3H3. The molecule has 0 radical (unpaired) electrons. The summed E-state index contributed by atoms with van der Waals surface area (Å²) in [6.07, 6.45) is 3.12. The van der Waals surface area contributed by atoms with Crippen molar-refractivity contribution in [1.29, 1.82) is 0 Å². The molecule has 2 fully saturated rings. The van der Waals surface area contributed by atoms with E-state index in [-0.39, 0.29) is 43.0 Å². The molecule has 2 saturated heterocycles. The Morgan fingerprint density at radius 1 is 1.33 bits per heavy atom. The molecule has 2 aliphatic rings. The van der Waals surface area contributed by atoms with Crippen LogP contribution in [0.15, 0.2) is 22.9 Å². The number of fused-ring (bicyclic) bond motifs is 1. The molecule has 2 aliphatic heterocycles. The van der Waals surface area contributed by atoms with E-state index in [1.165, 1.54) is 18.2 Å². The highest BCUT2D eigenvalue weighted by Crippen LogP contribution is 2.30. The van der Waals surface area contributed by atoms with E-state index < -0.39 is 6.04 Å². The van der Waals surface area contributed by atoms with Crippen LogP contribution in [0.4, 0.5) is 4.79 Å². The first kappa shape index (κ1) is 19.8. The van der Waals surface area contributed by atoms with Crippen molar-refractivity contribution in [3.05, 3.63) is 28.5 Å². The van der Waals surface area contributed by atoms with Crippen LogP contribution in [0, 0.1) is 5.41 Å². The zero-order valence-electron chi connectivity index (χ0n) is 15.6. The van der Waals surface area contributed by atoms with Gasteiger partial charge in [-0.1, -0.05) is 13.8 Å². The van der Waals surface area contributed by atoms with Gasteiger partial charge in [-0.2, -0.15) is 0 Å². The average molecular weight is 439 g/mol. The second-order valence-corrected chi connectivity index (χ2v) is 8.57. The van der Waals surface area contributed by atoms with Gasteiger partial charge in [0, 0.05) is 42.5 Å². The zero-order valence-corrected chi connectivity index (χ0v) is 17.2. The number of rotatable bonds is 4. The Kier molecular flexibility index (Phi) is 5.53. The topological polar surface area (TPSA) is 83.1 Å². The van der Waals surface area contributed by atoms with E-state index in [1.54, 1.807) is 22.1 Å². The number of amides is 4. The van der Waals surface area contributed by atoms with Crippen LogP contribution in [0.1, 0.15) is 24.2 Å². The molecule has 1 aromatic heterocycles. The Morgan fingerprint density at radius 2 is 2.07 bits per heavy atom. The van der Waals surface area contributed by atoms with Gasteiger partial charge in [0.25, 0.3) is 11.8 Å². The van der Waals surface area contributed by atoms with Gasteiger partial charge in [-0.15, -0.1) is 0 Å². The van der Waals surface area contributed by atoms with Crippen LogP contribution >= 0.6 is 15.9 Å². The third-order valence-corrected chi connectivity index (χ3v) is 5.21. The fraction of sp³-hybridized carbons (Fsp3) is 0.556. The lowest BCUT2D eigenvalue weighted by Crippen LogP contribution is -2.44. The van der Waals surface area contributed by atoms with E-state index in [4.69, 9.17) is 4.74 Å². The Labute approximate surface area is 166 Å². The summed E-state index contributed by atoms with van der Waals surface area (Å²) in [4.78, 5) is 47.1. The highest BCUT2D eigenvalue weighted by molar-refractivity contribution is 9.10. The molecule has 3 rings (SSSR count). The summed E-state index contributed by atoms with van der Waals surface area (Å²) in [6, 6.07) is 0.728. The van der Waals surface area contributed by atoms with Crippen LogP contribution in [0.5, 0.6) is 0 Å². The van der Waals surface area contributed by atoms with Crippen LogP contribution < -0.4 is 0 Å². The molecule has 3 heterocycles. The quantitative estimate of drug-likeness (QED) is 0.666. The van der Waals surface area contributed by atoms with Gasteiger partial charge in [0.05, 0.1) is 25.3 Å². The first-order chi connectivity index (χ1) is 12.7. The van der Waals surface area contributed by atoms with Crippen LogP contribution in [0.2, 0.25) is 0 Å². The highest BCUT2D eigenvalue weighted by Gasteiger charge is 2.50. The van der Waals surface area contributed by atoms with Crippen molar-refractivity contribution >= 4 is 33.8 Å². The van der Waals surface area contributed by atoms with Crippen molar-refractivity contribution < 1.29 is 19.1 Å². The van der Waals surface area contributed by atoms with E-state index in [9.17, 15) is 14.4 Å². The van der Waals surface area contributed by atoms with Gasteiger partial charge in [0.2, 0.25) is 0 Å². The predicted molar refractivity (Wildman–Crippen MR) is 101 cm³/mol. The molecule has 0 bridgehead atoms. The lowest BCUT2D eigenvalue weighted by molar-refractivity contribution is -0.128. The van der Waals surface area contributed by atoms with Gasteiger partial charge in [0.1, 0.15) is 6.04 Å². The van der Waals surface area contributed by atoms with Gasteiger partial charge < -0.3 is 14.5 Å². The molecule has 1 atom stereocenters. The summed E-state index contributed by atoms with van der Waals surface area (Å²) in [5, 5.41) is 0. The maximum atomic E-state index is 13.0. The summed E-state index contributed by atoms with van der Waals surface area (Å²) in [5.74, 6) is -0.478. The number of pyridine rings is 1. The highest BCUT2D eigenvalue weighted by atomic mass is 79.9. The number of ether oxygens (including phenoxy) is 1. The van der Waals surface area contributed by atoms with Crippen LogP contribution in [-0.4, -0.2) is 83.5 Å². The van der Waals surface area contributed by atoms with Gasteiger partial charge in [0.15, 0.2) is 0 Å². The van der Waals surface area contributed by atoms with Crippen molar-refractivity contribution in [2.24, 2.45) is 5.41 Å². The molecule has 0 aromatic carbocycles. The van der Waals surface area contributed by atoms with Crippen molar-refractivity contribution in [1.82, 2.24) is 19.7 Å². The number of hydrogen-bond acceptors (Lipinski definition) is 5. The van der Waals surface area contributed by atoms with Crippen molar-refractivity contribution in [3.63, 3.8) is 0 Å². The second kappa shape index (κ2) is 7.55. The van der Waals surface area contributed by atoms with E-state index in [0.29, 0.717) is 23.1 Å². The summed E-state index contributed by atoms with van der Waals surface area (Å²) in [7, 11) is 1.53. The molecular weight excluding hydrogens is 416 g/mol. The minimum atomic E-state index is -0.666. The normalized spacial score (nSPS) is 22.1. The minimum absolute atomic E-state index is 0.169. The first-order valence-corrected chi connectivity index (χ1v) is 9.53. The van der Waals surface area contributed by atoms with E-state index in [0.717, 1.165) is 0 Å². The fourth-order valence-electron chi connectivity index (χ4n) is 3.61. The zero-order chi connectivity index (χ0) is 19.8. The lowest BCUT2D eigenvalue weighted by Gasteiger charge is -2.30. The van der Waals surface area contributed by atoms with Gasteiger partial charge in [-0.25, -0.2) is 4.79 Å². The van der Waals surface area contributed by atoms with Crippen LogP contribution in [0.25, 0.3) is 0 Å². The number of aromatic nitrogens is 1. The van der Waals surface area contributed by atoms with E-state index in [1.807, 2.05) is 13.8 Å². The molecule has 1 unspecified atom stereocenters. The number of urea groups is 1. The number of carbonyl (C=O) groups is 3. The molecule has 146 valence electrons. The van der Waals surface area contributed by atoms with Crippen LogP contribution in [0.3, 0.4) is 0 Å². The SMILES string of the molecule is COCCN1C(=O)C2CN(C(=O)c3cncc(Br)c3)CC(C)(C)CN2C1=O. The maximum Gasteiger partial charge on any atom is 0.327 e. The number of nitrogens with zero attached hydrogens (tertiary/aromatic N) is 4. The maximum absolute atomic E-state index is 13.0. The smallest absolute Gasteiger partial charge is 0.327 e. The Balaban J connectivity index is 1.88. The predicted octanol–water partition coefficient (Wildman–Crippen LogP) is 1.61. The van der Waals surface area contributed by atoms with Crippen molar-refractivity contribution in [2.75, 3.05) is 39.9 Å². The molecule has 9 heteroatoms. The molecule has 0 N–H and O–H groups in total. The van der Waals surface area contributed by atoms with E-state index in [2.05, 4.69) is 20.9 Å². The van der Waals surface area contributed by atoms with Gasteiger partial charge in [-0.3, -0.25) is 19.5 Å². The summed E-state index contributed by atoms with van der Waals surface area (Å²) < 4.78 is 5.72. The number of carbonyl (C=O) groups excluding carboxylic acids is 3. The first-order valence-electron chi connectivity index (χ1n) is 8.74. The Hall–Kier alpha value is -2.00. The Morgan fingerprint density at radius 3 is 2.74 bits per heavy atom. The van der Waals surface area contributed by atoms with Crippen molar-refractivity contribution in [2.45, 2.75) is 19.9 Å². The minimum Gasteiger partial charge on any atom is -0.383 e. The number of methoxy groups -OCH3 is 1. The second-order valence-electron chi connectivity index (χ2n) is 7.65. The third-order valence-electron chi connectivity index (χ3n) is 4.77. The monoisotopic (exact) mass is 438 g/mol. The van der Waals surface area contributed by atoms with Gasteiger partial charge in [-0.05, 0) is 22.0 Å². The number of halogens is 1. The summed E-state index contributed by atoms with van der Waals surface area (Å²) in [5.41, 5.74) is 0.0958. The fourth-order valence-corrected chi connectivity index (χ4v) is 3.97. The Bertz CT molecular complexity index is 769. The molecular formula is C18H23BrN4O4. The van der Waals surface area contributed by atoms with Crippen LogP contribution in [-0.2, 0) is 9.53 Å². The largest absolute Gasteiger partial charge is 0.383 e. The molecule has 0 spiro atoms. The average Bonchev–Trinajstić information content (AvgIpc) is 2.75. The third kappa shape index (κ3) is 3.98. The molecule has 8 nitrogen and oxygen atoms in total. The summed E-state index contributed by atoms with van der Waals surface area (Å²) >= 11 is 3.33. The molecule has 27 heavy (non-hydrogen) atoms. The molecule has 4 amide bonds. The molecule has 1 aromatic rings. The lowest BCUT2D eigenvalue weighted by atomic mass is 9.92. The number of hydrogen-bond donors (Lipinski definition) is 0.